The monoisotopic (exact) mass is 410 g/mol. The number of para-hydroxylation sites is 1. The first kappa shape index (κ1) is 19.9. The highest BCUT2D eigenvalue weighted by molar-refractivity contribution is 5.82. The number of quaternary nitrogens is 1. The number of aliphatic hydroxyl groups excluding tert-OH is 1. The second kappa shape index (κ2) is 7.92. The van der Waals surface area contributed by atoms with Gasteiger partial charge in [0.25, 0.3) is 0 Å². The van der Waals surface area contributed by atoms with Crippen LogP contribution in [0.4, 0.5) is 0 Å². The number of nitrogens with zero attached hydrogens (tertiary/aromatic N) is 3. The molecule has 4 nitrogen and oxygen atoms in total. The number of rotatable bonds is 5. The van der Waals surface area contributed by atoms with Crippen molar-refractivity contribution in [2.45, 2.75) is 31.5 Å². The van der Waals surface area contributed by atoms with Crippen molar-refractivity contribution < 1.29 is 9.59 Å². The summed E-state index contributed by atoms with van der Waals surface area (Å²) in [5.74, 6) is 1.03. The summed E-state index contributed by atoms with van der Waals surface area (Å²) in [7, 11) is 0. The third-order valence-electron chi connectivity index (χ3n) is 7.66. The molecule has 2 bridgehead atoms. The molecule has 6 rings (SSSR count). The lowest BCUT2D eigenvalue weighted by Gasteiger charge is -2.58. The van der Waals surface area contributed by atoms with Crippen molar-refractivity contribution in [2.75, 3.05) is 13.1 Å². The van der Waals surface area contributed by atoms with Gasteiger partial charge in [0.1, 0.15) is 18.7 Å². The molecule has 3 aliphatic rings. The second-order valence-electron chi connectivity index (χ2n) is 9.17. The topological polar surface area (TPSA) is 56.9 Å². The third kappa shape index (κ3) is 3.35. The van der Waals surface area contributed by atoms with Crippen LogP contribution in [0.5, 0.6) is 0 Å². The van der Waals surface area contributed by atoms with E-state index >= 15 is 0 Å². The van der Waals surface area contributed by atoms with Crippen LogP contribution >= 0.6 is 0 Å². The molecule has 0 saturated carbocycles. The van der Waals surface area contributed by atoms with Crippen LogP contribution in [0.25, 0.3) is 10.9 Å². The number of aromatic nitrogens is 1. The maximum absolute atomic E-state index is 11.8. The molecule has 3 aliphatic heterocycles. The molecule has 3 aromatic rings. The van der Waals surface area contributed by atoms with Gasteiger partial charge in [0.2, 0.25) is 0 Å². The first-order valence-electron chi connectivity index (χ1n) is 11.1. The van der Waals surface area contributed by atoms with E-state index in [9.17, 15) is 10.4 Å². The van der Waals surface area contributed by atoms with Crippen LogP contribution in [0.3, 0.4) is 0 Å². The molecule has 1 N–H and O–H groups in total. The standard InChI is InChI=1S/C27H28N3O/c1-2-19-17-30(18-22-8-4-3-7-21(22)16-28)14-12-20(19)15-26(30)27(31)24-11-13-29-25-10-6-5-9-23(24)25/h2-11,13,19-20,26-27,31H,1,12,14-15,17-18H2/q+1/t19-,20-,26-,27+,30?/m0/s1. The molecule has 0 amide bonds. The molecule has 0 spiro atoms. The zero-order chi connectivity index (χ0) is 21.4. The number of aliphatic hydroxyl groups is 1. The second-order valence-corrected chi connectivity index (χ2v) is 9.17. The molecule has 156 valence electrons. The van der Waals surface area contributed by atoms with Gasteiger partial charge < -0.3 is 9.59 Å². The molecule has 5 atom stereocenters. The van der Waals surface area contributed by atoms with Gasteiger partial charge in [0.15, 0.2) is 0 Å². The highest BCUT2D eigenvalue weighted by atomic mass is 16.3. The van der Waals surface area contributed by atoms with Crippen molar-refractivity contribution in [1.82, 2.24) is 4.98 Å². The molecule has 4 heterocycles. The van der Waals surface area contributed by atoms with Crippen molar-refractivity contribution in [3.8, 4) is 6.07 Å². The molecule has 0 aliphatic carbocycles. The third-order valence-corrected chi connectivity index (χ3v) is 7.66. The van der Waals surface area contributed by atoms with Crippen LogP contribution in [0.2, 0.25) is 0 Å². The van der Waals surface area contributed by atoms with Crippen molar-refractivity contribution in [1.29, 1.82) is 5.26 Å². The summed E-state index contributed by atoms with van der Waals surface area (Å²) in [5, 5.41) is 22.4. The molecule has 1 aromatic heterocycles. The van der Waals surface area contributed by atoms with Crippen LogP contribution < -0.4 is 0 Å². The SMILES string of the molecule is C=C[C@H]1C[N+]2(Cc3ccccc3C#N)CC[C@H]1C[C@H]2[C@H](O)c1ccnc2ccccc12. The quantitative estimate of drug-likeness (QED) is 0.488. The molecular weight excluding hydrogens is 382 g/mol. The van der Waals surface area contributed by atoms with Crippen molar-refractivity contribution in [3.05, 3.63) is 90.1 Å². The van der Waals surface area contributed by atoms with E-state index in [1.165, 1.54) is 0 Å². The Hall–Kier alpha value is -3.00. The van der Waals surface area contributed by atoms with Gasteiger partial charge in [-0.15, -0.1) is 6.58 Å². The fourth-order valence-electron chi connectivity index (χ4n) is 6.07. The smallest absolute Gasteiger partial charge is 0.131 e. The summed E-state index contributed by atoms with van der Waals surface area (Å²) < 4.78 is 0.809. The minimum Gasteiger partial charge on any atom is -0.382 e. The number of fused-ring (bicyclic) bond motifs is 4. The van der Waals surface area contributed by atoms with Gasteiger partial charge in [0, 0.05) is 35.9 Å². The van der Waals surface area contributed by atoms with E-state index in [0.29, 0.717) is 11.8 Å². The average Bonchev–Trinajstić information content (AvgIpc) is 2.83. The van der Waals surface area contributed by atoms with Gasteiger partial charge in [0.05, 0.1) is 30.2 Å². The van der Waals surface area contributed by atoms with Gasteiger partial charge in [-0.25, -0.2) is 0 Å². The fraction of sp³-hybridized carbons (Fsp3) is 0.333. The van der Waals surface area contributed by atoms with Crippen LogP contribution in [0.15, 0.2) is 73.4 Å². The first-order valence-corrected chi connectivity index (χ1v) is 11.1. The predicted molar refractivity (Wildman–Crippen MR) is 122 cm³/mol. The summed E-state index contributed by atoms with van der Waals surface area (Å²) in [5.41, 5.74) is 3.69. The zero-order valence-corrected chi connectivity index (χ0v) is 17.7. The van der Waals surface area contributed by atoms with Gasteiger partial charge in [-0.05, 0) is 29.7 Å². The van der Waals surface area contributed by atoms with Gasteiger partial charge in [-0.2, -0.15) is 5.26 Å². The Morgan fingerprint density at radius 2 is 2.00 bits per heavy atom. The van der Waals surface area contributed by atoms with Gasteiger partial charge in [-0.3, -0.25) is 4.98 Å². The summed E-state index contributed by atoms with van der Waals surface area (Å²) >= 11 is 0. The summed E-state index contributed by atoms with van der Waals surface area (Å²) in [6.45, 7) is 6.88. The highest BCUT2D eigenvalue weighted by Gasteiger charge is 2.54. The van der Waals surface area contributed by atoms with Crippen molar-refractivity contribution >= 4 is 10.9 Å². The lowest BCUT2D eigenvalue weighted by atomic mass is 9.71. The lowest BCUT2D eigenvalue weighted by Crippen LogP contribution is -2.67. The van der Waals surface area contributed by atoms with E-state index in [2.05, 4.69) is 35.8 Å². The fourth-order valence-corrected chi connectivity index (χ4v) is 6.07. The first-order chi connectivity index (χ1) is 15.1. The number of hydrogen-bond donors (Lipinski definition) is 1. The van der Waals surface area contributed by atoms with E-state index in [-0.39, 0.29) is 6.04 Å². The van der Waals surface area contributed by atoms with Gasteiger partial charge >= 0.3 is 0 Å². The molecule has 1 unspecified atom stereocenters. The molecule has 2 aromatic carbocycles. The maximum Gasteiger partial charge on any atom is 0.131 e. The van der Waals surface area contributed by atoms with Crippen LogP contribution in [-0.4, -0.2) is 33.7 Å². The Morgan fingerprint density at radius 1 is 1.19 bits per heavy atom. The predicted octanol–water partition coefficient (Wildman–Crippen LogP) is 4.75. The lowest BCUT2D eigenvalue weighted by molar-refractivity contribution is -0.985. The summed E-state index contributed by atoms with van der Waals surface area (Å²) in [6, 6.07) is 20.4. The maximum atomic E-state index is 11.8. The zero-order valence-electron chi connectivity index (χ0n) is 17.7. The van der Waals surface area contributed by atoms with Crippen molar-refractivity contribution in [2.24, 2.45) is 11.8 Å². The Bertz CT molecular complexity index is 1160. The molecule has 31 heavy (non-hydrogen) atoms. The largest absolute Gasteiger partial charge is 0.382 e. The molecule has 3 saturated heterocycles. The molecule has 3 fully saturated rings. The van der Waals surface area contributed by atoms with E-state index in [1.807, 2.05) is 42.5 Å². The number of hydrogen-bond acceptors (Lipinski definition) is 3. The molecular formula is C27H28N3O+. The van der Waals surface area contributed by atoms with E-state index in [0.717, 1.165) is 64.6 Å². The Labute approximate surface area is 183 Å². The Balaban J connectivity index is 1.58. The minimum absolute atomic E-state index is 0.0903. The number of benzene rings is 2. The summed E-state index contributed by atoms with van der Waals surface area (Å²) in [4.78, 5) is 4.48. The van der Waals surface area contributed by atoms with Crippen LogP contribution in [-0.2, 0) is 6.54 Å². The summed E-state index contributed by atoms with van der Waals surface area (Å²) in [6.07, 6.45) is 5.46. The molecule has 0 radical (unpaired) electrons. The van der Waals surface area contributed by atoms with E-state index in [4.69, 9.17) is 0 Å². The van der Waals surface area contributed by atoms with E-state index in [1.54, 1.807) is 6.20 Å². The number of pyridine rings is 1. The van der Waals surface area contributed by atoms with Crippen LogP contribution in [0.1, 0.15) is 35.6 Å². The minimum atomic E-state index is -0.573. The Kier molecular flexibility index (Phi) is 5.09. The number of nitriles is 1. The Morgan fingerprint density at radius 3 is 2.84 bits per heavy atom. The highest BCUT2D eigenvalue weighted by Crippen LogP contribution is 2.48. The molecule has 4 heteroatoms. The van der Waals surface area contributed by atoms with Crippen molar-refractivity contribution in [3.63, 3.8) is 0 Å². The van der Waals surface area contributed by atoms with E-state index < -0.39 is 6.10 Å². The number of piperidine rings is 3. The van der Waals surface area contributed by atoms with Gasteiger partial charge in [-0.1, -0.05) is 42.5 Å². The average molecular weight is 411 g/mol. The normalized spacial score (nSPS) is 28.2. The van der Waals surface area contributed by atoms with Crippen LogP contribution in [0, 0.1) is 23.2 Å².